The number of anilines is 1. The highest BCUT2D eigenvalue weighted by molar-refractivity contribution is 6.01. The molecule has 0 spiro atoms. The Morgan fingerprint density at radius 3 is 2.74 bits per heavy atom. The van der Waals surface area contributed by atoms with Crippen molar-refractivity contribution in [2.45, 2.75) is 25.4 Å². The maximum atomic E-state index is 13.5. The van der Waals surface area contributed by atoms with Gasteiger partial charge in [-0.15, -0.1) is 5.10 Å². The first-order valence-corrected chi connectivity index (χ1v) is 12.7. The second kappa shape index (κ2) is 10.3. The molecule has 0 bridgehead atoms. The largest absolute Gasteiger partial charge is 0.482 e. The van der Waals surface area contributed by atoms with E-state index < -0.39 is 29.7 Å². The Bertz CT molecular complexity index is 1830. The second-order valence-electron chi connectivity index (χ2n) is 9.70. The lowest BCUT2D eigenvalue weighted by molar-refractivity contribution is -0.118. The fourth-order valence-electron chi connectivity index (χ4n) is 4.96. The summed E-state index contributed by atoms with van der Waals surface area (Å²) in [5.74, 6) is -3.06. The number of aryl methyl sites for hydroxylation is 1. The molecule has 0 saturated heterocycles. The Morgan fingerprint density at radius 1 is 1.12 bits per heavy atom. The van der Waals surface area contributed by atoms with Crippen LogP contribution in [0, 0.1) is 0 Å². The van der Waals surface area contributed by atoms with E-state index >= 15 is 0 Å². The van der Waals surface area contributed by atoms with Gasteiger partial charge in [-0.05, 0) is 53.8 Å². The molecule has 2 aromatic heterocycles. The number of hydrogen-bond donors (Lipinski definition) is 5. The average Bonchev–Trinajstić information content (AvgIpc) is 3.59. The topological polar surface area (TPSA) is 220 Å². The number of aromatic nitrogens is 4. The first kappa shape index (κ1) is 26.4. The number of carboxylic acids is 1. The number of aromatic carboxylic acids is 1. The highest BCUT2D eigenvalue weighted by atomic mass is 16.5. The third kappa shape index (κ3) is 4.83. The molecule has 0 radical (unpaired) electrons. The van der Waals surface area contributed by atoms with Crippen molar-refractivity contribution in [3.8, 4) is 5.75 Å². The molecule has 0 fully saturated rings. The Labute approximate surface area is 236 Å². The van der Waals surface area contributed by atoms with Crippen LogP contribution in [-0.2, 0) is 17.8 Å². The van der Waals surface area contributed by atoms with E-state index in [0.29, 0.717) is 29.8 Å². The molecule has 212 valence electrons. The Kier molecular flexibility index (Phi) is 6.45. The van der Waals surface area contributed by atoms with E-state index in [1.807, 2.05) is 0 Å². The zero-order valence-electron chi connectivity index (χ0n) is 21.7. The summed E-state index contributed by atoms with van der Waals surface area (Å²) in [6.45, 7) is -0.0312. The minimum absolute atomic E-state index is 0.0494. The van der Waals surface area contributed by atoms with Gasteiger partial charge in [0.1, 0.15) is 17.1 Å². The van der Waals surface area contributed by atoms with Crippen molar-refractivity contribution in [2.75, 3.05) is 11.9 Å². The number of primary amides is 1. The summed E-state index contributed by atoms with van der Waals surface area (Å²) in [6, 6.07) is 10.6. The molecule has 0 saturated carbocycles. The molecular weight excluding hydrogens is 548 g/mol. The summed E-state index contributed by atoms with van der Waals surface area (Å²) < 4.78 is 6.37. The molecule has 6 N–H and O–H groups in total. The maximum Gasteiger partial charge on any atom is 0.335 e. The summed E-state index contributed by atoms with van der Waals surface area (Å²) in [4.78, 5) is 65.8. The molecule has 15 nitrogen and oxygen atoms in total. The number of nitrogens with one attached hydrogen (secondary N) is 3. The van der Waals surface area contributed by atoms with Gasteiger partial charge in [0.15, 0.2) is 17.9 Å². The molecule has 1 aliphatic carbocycles. The van der Waals surface area contributed by atoms with Crippen molar-refractivity contribution in [2.24, 2.45) is 5.73 Å². The summed E-state index contributed by atoms with van der Waals surface area (Å²) in [5, 5.41) is 25.1. The normalized spacial score (nSPS) is 15.2. The predicted octanol–water partition coefficient (Wildman–Crippen LogP) is 0.600. The van der Waals surface area contributed by atoms with Gasteiger partial charge in [0.05, 0.1) is 17.3 Å². The van der Waals surface area contributed by atoms with Crippen molar-refractivity contribution < 1.29 is 33.8 Å². The molecule has 42 heavy (non-hydrogen) atoms. The molecular formula is C27H22N8O7. The molecule has 2 aliphatic rings. The number of amides is 4. The number of nitrogens with two attached hydrogens (primary N) is 1. The highest BCUT2D eigenvalue weighted by Gasteiger charge is 2.28. The molecule has 2 aromatic carbocycles. The minimum atomic E-state index is -1.04. The van der Waals surface area contributed by atoms with E-state index in [1.54, 1.807) is 30.3 Å². The summed E-state index contributed by atoms with van der Waals surface area (Å²) in [5.41, 5.74) is 7.48. The molecule has 1 atom stereocenters. The standard InChI is InChI=1S/C27H22N8O7/c28-23(37)22-24-31-18(25(38)29-10-12-1-6-20-17(7-12)30-21(36)11-42-20)9-19(35(24)34-33-22)26(39)32-16-5-3-13-8-14(27(40)41)2-4-15(13)16/h1-2,4,6-9,16H,3,5,10-11H2,(H2,28,37)(H,29,38)(H,30,36)(H,32,39)(H,40,41)/t16-/m0/s1. The van der Waals surface area contributed by atoms with Crippen molar-refractivity contribution in [3.63, 3.8) is 0 Å². The van der Waals surface area contributed by atoms with Gasteiger partial charge in [0, 0.05) is 12.6 Å². The molecule has 3 heterocycles. The van der Waals surface area contributed by atoms with Gasteiger partial charge < -0.3 is 31.5 Å². The van der Waals surface area contributed by atoms with Crippen LogP contribution in [0.2, 0.25) is 0 Å². The minimum Gasteiger partial charge on any atom is -0.482 e. The molecule has 15 heteroatoms. The third-order valence-corrected chi connectivity index (χ3v) is 6.98. The number of carbonyl (C=O) groups excluding carboxylic acids is 4. The molecule has 6 rings (SSSR count). The van der Waals surface area contributed by atoms with Gasteiger partial charge in [-0.2, -0.15) is 4.52 Å². The molecule has 4 aromatic rings. The zero-order valence-corrected chi connectivity index (χ0v) is 21.7. The lowest BCUT2D eigenvalue weighted by atomic mass is 10.0. The fraction of sp³-hybridized carbons (Fsp3) is 0.185. The number of ether oxygens (including phenoxy) is 1. The van der Waals surface area contributed by atoms with Crippen LogP contribution in [-0.4, -0.2) is 61.1 Å². The number of carbonyl (C=O) groups is 5. The Hall–Kier alpha value is -5.86. The highest BCUT2D eigenvalue weighted by Crippen LogP contribution is 2.32. The Balaban J connectivity index is 1.26. The van der Waals surface area contributed by atoms with Crippen molar-refractivity contribution in [3.05, 3.63) is 81.8 Å². The quantitative estimate of drug-likeness (QED) is 0.208. The van der Waals surface area contributed by atoms with Crippen LogP contribution < -0.4 is 26.4 Å². The van der Waals surface area contributed by atoms with Crippen LogP contribution in [0.3, 0.4) is 0 Å². The number of rotatable bonds is 7. The van der Waals surface area contributed by atoms with Gasteiger partial charge in [0.25, 0.3) is 23.6 Å². The van der Waals surface area contributed by atoms with E-state index in [2.05, 4.69) is 31.2 Å². The van der Waals surface area contributed by atoms with Crippen molar-refractivity contribution in [1.82, 2.24) is 30.4 Å². The van der Waals surface area contributed by atoms with E-state index in [1.165, 1.54) is 12.1 Å². The van der Waals surface area contributed by atoms with Crippen LogP contribution >= 0.6 is 0 Å². The van der Waals surface area contributed by atoms with Crippen LogP contribution in [0.25, 0.3) is 5.65 Å². The first-order valence-electron chi connectivity index (χ1n) is 12.7. The smallest absolute Gasteiger partial charge is 0.335 e. The average molecular weight is 571 g/mol. The lowest BCUT2D eigenvalue weighted by Gasteiger charge is -2.18. The van der Waals surface area contributed by atoms with Gasteiger partial charge in [-0.1, -0.05) is 17.3 Å². The van der Waals surface area contributed by atoms with Crippen molar-refractivity contribution in [1.29, 1.82) is 0 Å². The van der Waals surface area contributed by atoms with Crippen LogP contribution in [0.4, 0.5) is 5.69 Å². The van der Waals surface area contributed by atoms with Gasteiger partial charge in [-0.25, -0.2) is 9.78 Å². The molecule has 4 amide bonds. The molecule has 0 unspecified atom stereocenters. The van der Waals surface area contributed by atoms with Gasteiger partial charge >= 0.3 is 5.97 Å². The zero-order chi connectivity index (χ0) is 29.5. The monoisotopic (exact) mass is 570 g/mol. The number of nitrogens with zero attached hydrogens (tertiary/aromatic N) is 4. The number of hydrogen-bond acceptors (Lipinski definition) is 9. The Morgan fingerprint density at radius 2 is 1.95 bits per heavy atom. The molecule has 1 aliphatic heterocycles. The number of fused-ring (bicyclic) bond motifs is 3. The second-order valence-corrected chi connectivity index (χ2v) is 9.70. The SMILES string of the molecule is NC(=O)c1nnn2c(C(=O)N[C@H]3CCc4cc(C(=O)O)ccc43)cc(C(=O)NCc3ccc4c(c3)NC(=O)CO4)nc12. The summed E-state index contributed by atoms with van der Waals surface area (Å²) >= 11 is 0. The van der Waals surface area contributed by atoms with Crippen molar-refractivity contribution >= 4 is 40.9 Å². The number of benzene rings is 2. The van der Waals surface area contributed by atoms with Crippen LogP contribution in [0.5, 0.6) is 5.75 Å². The van der Waals surface area contributed by atoms with Crippen LogP contribution in [0.1, 0.15) is 71.0 Å². The van der Waals surface area contributed by atoms with E-state index in [-0.39, 0.29) is 47.4 Å². The third-order valence-electron chi connectivity index (χ3n) is 6.98. The van der Waals surface area contributed by atoms with E-state index in [4.69, 9.17) is 10.5 Å². The van der Waals surface area contributed by atoms with Gasteiger partial charge in [-0.3, -0.25) is 19.2 Å². The first-order chi connectivity index (χ1) is 20.2. The summed E-state index contributed by atoms with van der Waals surface area (Å²) in [6.07, 6.45) is 1.09. The van der Waals surface area contributed by atoms with Crippen LogP contribution in [0.15, 0.2) is 42.5 Å². The van der Waals surface area contributed by atoms with E-state index in [0.717, 1.165) is 15.6 Å². The lowest BCUT2D eigenvalue weighted by Crippen LogP contribution is -2.31. The number of carboxylic acid groups (broad SMARTS) is 1. The van der Waals surface area contributed by atoms with E-state index in [9.17, 15) is 29.1 Å². The van der Waals surface area contributed by atoms with Gasteiger partial charge in [0.2, 0.25) is 0 Å². The maximum absolute atomic E-state index is 13.5. The predicted molar refractivity (Wildman–Crippen MR) is 143 cm³/mol. The summed E-state index contributed by atoms with van der Waals surface area (Å²) in [7, 11) is 0. The fourth-order valence-corrected chi connectivity index (χ4v) is 4.96.